The van der Waals surface area contributed by atoms with Crippen molar-refractivity contribution in [2.45, 2.75) is 5.16 Å². The number of nitrogens with two attached hydrogens (primary N) is 1. The summed E-state index contributed by atoms with van der Waals surface area (Å²) in [6, 6.07) is 3.54. The van der Waals surface area contributed by atoms with Crippen molar-refractivity contribution < 1.29 is 8.42 Å². The molecular weight excluding hydrogens is 464 g/mol. The van der Waals surface area contributed by atoms with E-state index >= 15 is 0 Å². The van der Waals surface area contributed by atoms with Gasteiger partial charge in [0.25, 0.3) is 0 Å². The van der Waals surface area contributed by atoms with Gasteiger partial charge in [-0.05, 0) is 44.0 Å². The van der Waals surface area contributed by atoms with Gasteiger partial charge in [0.2, 0.25) is 15.0 Å². The van der Waals surface area contributed by atoms with E-state index in [1.165, 1.54) is 12.5 Å². The lowest BCUT2D eigenvalue weighted by atomic mass is 10.3. The molecule has 0 aliphatic carbocycles. The van der Waals surface area contributed by atoms with Crippen molar-refractivity contribution >= 4 is 69.9 Å². The van der Waals surface area contributed by atoms with Gasteiger partial charge in [-0.1, -0.05) is 0 Å². The molecule has 1 aromatic carbocycles. The Bertz CT molecular complexity index is 1030. The molecule has 0 spiro atoms. The van der Waals surface area contributed by atoms with E-state index < -0.39 is 9.84 Å². The summed E-state index contributed by atoms with van der Waals surface area (Å²) in [5, 5.41) is 2.80. The minimum Gasteiger partial charge on any atom is -0.397 e. The summed E-state index contributed by atoms with van der Waals surface area (Å²) < 4.78 is 24.7. The third-order valence-electron chi connectivity index (χ3n) is 3.03. The molecule has 0 radical (unpaired) electrons. The molecule has 3 rings (SSSR count). The largest absolute Gasteiger partial charge is 0.397 e. The summed E-state index contributed by atoms with van der Waals surface area (Å²) >= 11 is 6.73. The smallest absolute Gasteiger partial charge is 0.247 e. The zero-order valence-electron chi connectivity index (χ0n) is 12.2. The fourth-order valence-electron chi connectivity index (χ4n) is 1.90. The average molecular weight is 474 g/mol. The van der Waals surface area contributed by atoms with Gasteiger partial charge < -0.3 is 11.1 Å². The molecule has 2 aromatic heterocycles. The molecule has 8 nitrogen and oxygen atoms in total. The molecule has 0 unspecified atom stereocenters. The Morgan fingerprint density at radius 3 is 2.42 bits per heavy atom. The van der Waals surface area contributed by atoms with Crippen LogP contribution in [0.2, 0.25) is 0 Å². The van der Waals surface area contributed by atoms with Crippen LogP contribution in [0.4, 0.5) is 17.2 Å². The van der Waals surface area contributed by atoms with Crippen molar-refractivity contribution in [3.63, 3.8) is 0 Å². The quantitative estimate of drug-likeness (QED) is 0.439. The first kappa shape index (κ1) is 17.0. The minimum atomic E-state index is -3.54. The maximum absolute atomic E-state index is 11.7. The van der Waals surface area contributed by atoms with Crippen LogP contribution in [0.25, 0.3) is 11.0 Å². The molecule has 0 saturated carbocycles. The van der Waals surface area contributed by atoms with Crippen molar-refractivity contribution in [1.82, 2.24) is 19.9 Å². The number of aromatic nitrogens is 4. The molecule has 0 bridgehead atoms. The Morgan fingerprint density at radius 1 is 1.12 bits per heavy atom. The van der Waals surface area contributed by atoms with Crippen LogP contribution in [-0.2, 0) is 9.84 Å². The topological polar surface area (TPSA) is 124 Å². The predicted molar refractivity (Wildman–Crippen MR) is 97.8 cm³/mol. The number of nitrogens with one attached hydrogen (secondary N) is 1. The summed E-state index contributed by atoms with van der Waals surface area (Å²) in [6.45, 7) is 0. The number of sulfone groups is 1. The van der Waals surface area contributed by atoms with Gasteiger partial charge >= 0.3 is 0 Å². The van der Waals surface area contributed by atoms with Crippen LogP contribution in [0.5, 0.6) is 0 Å². The zero-order valence-corrected chi connectivity index (χ0v) is 16.1. The van der Waals surface area contributed by atoms with E-state index in [2.05, 4.69) is 57.1 Å². The van der Waals surface area contributed by atoms with Gasteiger partial charge in [0, 0.05) is 20.9 Å². The Balaban J connectivity index is 2.12. The zero-order chi connectivity index (χ0) is 17.5. The first-order valence-corrected chi connectivity index (χ1v) is 9.93. The molecule has 3 N–H and O–H groups in total. The molecule has 0 aliphatic rings. The Kier molecular flexibility index (Phi) is 4.40. The summed E-state index contributed by atoms with van der Waals surface area (Å²) in [7, 11) is -3.54. The highest BCUT2D eigenvalue weighted by Crippen LogP contribution is 2.33. The van der Waals surface area contributed by atoms with E-state index in [1.54, 1.807) is 12.1 Å². The summed E-state index contributed by atoms with van der Waals surface area (Å²) in [5.74, 6) is 0.357. The maximum atomic E-state index is 11.7. The van der Waals surface area contributed by atoms with Crippen LogP contribution in [0.1, 0.15) is 0 Å². The molecule has 124 valence electrons. The van der Waals surface area contributed by atoms with Gasteiger partial charge in [-0.2, -0.15) is 0 Å². The predicted octanol–water partition coefficient (Wildman–Crippen LogP) is 2.67. The SMILES string of the molecule is CS(=O)(=O)c1ncc2ncnc(Nc3cc(Br)c(N)c(Br)c3)c2n1. The highest BCUT2D eigenvalue weighted by atomic mass is 79.9. The molecule has 0 atom stereocenters. The molecular formula is C13H10Br2N6O2S. The van der Waals surface area contributed by atoms with Crippen molar-refractivity contribution in [3.8, 4) is 0 Å². The molecule has 0 saturated heterocycles. The first-order chi connectivity index (χ1) is 11.3. The van der Waals surface area contributed by atoms with Crippen LogP contribution < -0.4 is 11.1 Å². The Labute approximate surface area is 154 Å². The molecule has 0 aliphatic heterocycles. The monoisotopic (exact) mass is 472 g/mol. The van der Waals surface area contributed by atoms with Gasteiger partial charge in [-0.3, -0.25) is 0 Å². The standard InChI is InChI=1S/C13H10Br2N6O2S/c1-24(22,23)13-17-4-9-11(21-13)12(19-5-18-9)20-6-2-7(14)10(16)8(15)3-6/h2-5H,16H2,1H3,(H,18,19,20). The van der Waals surface area contributed by atoms with Crippen molar-refractivity contribution in [3.05, 3.63) is 33.6 Å². The lowest BCUT2D eigenvalue weighted by Crippen LogP contribution is -2.06. The van der Waals surface area contributed by atoms with E-state index in [1.807, 2.05) is 0 Å². The maximum Gasteiger partial charge on any atom is 0.247 e. The number of rotatable bonds is 3. The molecule has 24 heavy (non-hydrogen) atoms. The molecule has 0 fully saturated rings. The Hall–Kier alpha value is -1.85. The van der Waals surface area contributed by atoms with E-state index in [0.29, 0.717) is 37.2 Å². The van der Waals surface area contributed by atoms with Gasteiger partial charge in [-0.15, -0.1) is 0 Å². The number of anilines is 3. The minimum absolute atomic E-state index is 0.285. The van der Waals surface area contributed by atoms with E-state index in [0.717, 1.165) is 6.26 Å². The fraction of sp³-hybridized carbons (Fsp3) is 0.0769. The van der Waals surface area contributed by atoms with Gasteiger partial charge in [-0.25, -0.2) is 28.4 Å². The highest BCUT2D eigenvalue weighted by Gasteiger charge is 2.15. The summed E-state index contributed by atoms with van der Waals surface area (Å²) in [4.78, 5) is 16.1. The van der Waals surface area contributed by atoms with Gasteiger partial charge in [0.05, 0.1) is 11.9 Å². The fourth-order valence-corrected chi connectivity index (χ4v) is 3.59. The van der Waals surface area contributed by atoms with E-state index in [4.69, 9.17) is 5.73 Å². The summed E-state index contributed by atoms with van der Waals surface area (Å²) in [6.07, 6.45) is 3.73. The van der Waals surface area contributed by atoms with Crippen molar-refractivity contribution in [1.29, 1.82) is 0 Å². The second-order valence-electron chi connectivity index (χ2n) is 4.86. The van der Waals surface area contributed by atoms with Gasteiger partial charge in [0.15, 0.2) is 5.82 Å². The second-order valence-corrected chi connectivity index (χ2v) is 8.48. The van der Waals surface area contributed by atoms with E-state index in [-0.39, 0.29) is 5.16 Å². The number of nitrogen functional groups attached to an aromatic ring is 1. The van der Waals surface area contributed by atoms with Crippen molar-refractivity contribution in [2.75, 3.05) is 17.3 Å². The van der Waals surface area contributed by atoms with Crippen LogP contribution >= 0.6 is 31.9 Å². The number of hydrogen-bond donors (Lipinski definition) is 2. The van der Waals surface area contributed by atoms with Crippen LogP contribution in [0, 0.1) is 0 Å². The third kappa shape index (κ3) is 3.32. The number of hydrogen-bond acceptors (Lipinski definition) is 8. The number of fused-ring (bicyclic) bond motifs is 1. The summed E-state index contributed by atoms with van der Waals surface area (Å²) in [5.41, 5.74) is 7.84. The second kappa shape index (κ2) is 6.22. The lowest BCUT2D eigenvalue weighted by molar-refractivity contribution is 0.593. The Morgan fingerprint density at radius 2 is 1.79 bits per heavy atom. The first-order valence-electron chi connectivity index (χ1n) is 6.45. The molecule has 11 heteroatoms. The van der Waals surface area contributed by atoms with Crippen molar-refractivity contribution in [2.24, 2.45) is 0 Å². The number of benzene rings is 1. The lowest BCUT2D eigenvalue weighted by Gasteiger charge is -2.10. The highest BCUT2D eigenvalue weighted by molar-refractivity contribution is 9.11. The average Bonchev–Trinajstić information content (AvgIpc) is 2.51. The number of halogens is 2. The van der Waals surface area contributed by atoms with Crippen LogP contribution in [-0.4, -0.2) is 34.6 Å². The third-order valence-corrected chi connectivity index (χ3v) is 5.20. The number of nitrogens with zero attached hydrogens (tertiary/aromatic N) is 4. The van der Waals surface area contributed by atoms with Crippen LogP contribution in [0.3, 0.4) is 0 Å². The molecule has 0 amide bonds. The van der Waals surface area contributed by atoms with E-state index in [9.17, 15) is 8.42 Å². The molecule has 2 heterocycles. The molecule has 3 aromatic rings. The van der Waals surface area contributed by atoms with Crippen LogP contribution in [0.15, 0.2) is 38.8 Å². The normalized spacial score (nSPS) is 11.6. The van der Waals surface area contributed by atoms with Gasteiger partial charge in [0.1, 0.15) is 17.4 Å².